The summed E-state index contributed by atoms with van der Waals surface area (Å²) in [6.07, 6.45) is -1.57. The number of nitrogens with two attached hydrogens (primary N) is 1. The molecule has 0 saturated carbocycles. The zero-order valence-corrected chi connectivity index (χ0v) is 10.4. The molecule has 0 atom stereocenters. The van der Waals surface area contributed by atoms with Crippen LogP contribution in [0.2, 0.25) is 0 Å². The Morgan fingerprint density at radius 2 is 2.22 bits per heavy atom. The third-order valence-corrected chi connectivity index (χ3v) is 2.59. The number of rotatable bonds is 5. The van der Waals surface area contributed by atoms with Crippen LogP contribution in [0.4, 0.5) is 8.78 Å². The predicted octanol–water partition coefficient (Wildman–Crippen LogP) is 1.89. The maximum absolute atomic E-state index is 13.1. The average Bonchev–Trinajstić information content (AvgIpc) is 2.31. The lowest BCUT2D eigenvalue weighted by molar-refractivity contribution is -0.142. The Hall–Kier alpha value is -1.56. The summed E-state index contributed by atoms with van der Waals surface area (Å²) in [5.41, 5.74) is 6.08. The summed E-state index contributed by atoms with van der Waals surface area (Å²) in [7, 11) is 0. The summed E-state index contributed by atoms with van der Waals surface area (Å²) in [6, 6.07) is 0. The molecular weight excluding hydrogens is 242 g/mol. The van der Waals surface area contributed by atoms with Crippen molar-refractivity contribution in [2.45, 2.75) is 33.2 Å². The molecule has 0 fully saturated rings. The van der Waals surface area contributed by atoms with Crippen molar-refractivity contribution in [3.8, 4) is 0 Å². The highest BCUT2D eigenvalue weighted by atomic mass is 19.3. The minimum atomic E-state index is -2.69. The number of alkyl halides is 2. The van der Waals surface area contributed by atoms with E-state index < -0.39 is 12.4 Å². The molecule has 0 unspecified atom stereocenters. The quantitative estimate of drug-likeness (QED) is 0.819. The van der Waals surface area contributed by atoms with Crippen LogP contribution in [-0.2, 0) is 22.5 Å². The van der Waals surface area contributed by atoms with E-state index in [1.165, 1.54) is 6.20 Å². The smallest absolute Gasteiger partial charge is 0.310 e. The van der Waals surface area contributed by atoms with Gasteiger partial charge in [-0.15, -0.1) is 0 Å². The monoisotopic (exact) mass is 258 g/mol. The van der Waals surface area contributed by atoms with Crippen LogP contribution in [0.15, 0.2) is 6.20 Å². The second-order valence-corrected chi connectivity index (χ2v) is 3.75. The summed E-state index contributed by atoms with van der Waals surface area (Å²) in [5, 5.41) is 0. The van der Waals surface area contributed by atoms with Crippen LogP contribution in [0.3, 0.4) is 0 Å². The largest absolute Gasteiger partial charge is 0.466 e. The van der Waals surface area contributed by atoms with E-state index in [2.05, 4.69) is 4.98 Å². The minimum absolute atomic E-state index is 0.0389. The standard InChI is InChI=1S/C12H16F2N2O2/c1-3-18-10(17)4-9-7(2)16-6-8(5-15)11(9)12(13)14/h6,12H,3-5,15H2,1-2H3. The molecule has 1 aromatic heterocycles. The summed E-state index contributed by atoms with van der Waals surface area (Å²) in [5.74, 6) is -0.543. The van der Waals surface area contributed by atoms with E-state index in [-0.39, 0.29) is 36.3 Å². The molecule has 0 aromatic carbocycles. The molecule has 1 rings (SSSR count). The lowest BCUT2D eigenvalue weighted by Crippen LogP contribution is -2.14. The number of pyridine rings is 1. The van der Waals surface area contributed by atoms with Crippen molar-refractivity contribution in [3.05, 3.63) is 28.6 Å². The summed E-state index contributed by atoms with van der Waals surface area (Å²) >= 11 is 0. The molecule has 18 heavy (non-hydrogen) atoms. The van der Waals surface area contributed by atoms with Gasteiger partial charge < -0.3 is 10.5 Å². The molecule has 2 N–H and O–H groups in total. The van der Waals surface area contributed by atoms with Crippen molar-refractivity contribution in [1.29, 1.82) is 0 Å². The number of carbonyl (C=O) groups excluding carboxylic acids is 1. The number of hydrogen-bond acceptors (Lipinski definition) is 4. The third-order valence-electron chi connectivity index (χ3n) is 2.59. The molecule has 4 nitrogen and oxygen atoms in total. The molecule has 1 aromatic rings. The second kappa shape index (κ2) is 6.39. The Morgan fingerprint density at radius 1 is 1.56 bits per heavy atom. The van der Waals surface area contributed by atoms with E-state index in [1.807, 2.05) is 0 Å². The molecule has 1 heterocycles. The zero-order valence-electron chi connectivity index (χ0n) is 10.4. The molecule has 0 bridgehead atoms. The van der Waals surface area contributed by atoms with Crippen molar-refractivity contribution in [2.24, 2.45) is 5.73 Å². The summed E-state index contributed by atoms with van der Waals surface area (Å²) in [4.78, 5) is 15.4. The molecule has 100 valence electrons. The number of aryl methyl sites for hydroxylation is 1. The number of halogens is 2. The van der Waals surface area contributed by atoms with Crippen molar-refractivity contribution in [1.82, 2.24) is 4.98 Å². The third kappa shape index (κ3) is 3.22. The second-order valence-electron chi connectivity index (χ2n) is 3.75. The summed E-state index contributed by atoms with van der Waals surface area (Å²) < 4.78 is 30.9. The Kier molecular flexibility index (Phi) is 5.15. The highest BCUT2D eigenvalue weighted by Crippen LogP contribution is 2.28. The van der Waals surface area contributed by atoms with Crippen LogP contribution >= 0.6 is 0 Å². The average molecular weight is 258 g/mol. The van der Waals surface area contributed by atoms with Crippen LogP contribution < -0.4 is 5.73 Å². The Balaban J connectivity index is 3.18. The van der Waals surface area contributed by atoms with Gasteiger partial charge in [0.15, 0.2) is 0 Å². The fourth-order valence-corrected chi connectivity index (χ4v) is 1.72. The van der Waals surface area contributed by atoms with Crippen LogP contribution in [0.5, 0.6) is 0 Å². The van der Waals surface area contributed by atoms with Gasteiger partial charge in [-0.25, -0.2) is 8.78 Å². The molecule has 0 radical (unpaired) electrons. The van der Waals surface area contributed by atoms with Crippen molar-refractivity contribution >= 4 is 5.97 Å². The number of ether oxygens (including phenoxy) is 1. The van der Waals surface area contributed by atoms with Crippen molar-refractivity contribution < 1.29 is 18.3 Å². The number of carbonyl (C=O) groups is 1. The van der Waals surface area contributed by atoms with Gasteiger partial charge >= 0.3 is 5.97 Å². The highest BCUT2D eigenvalue weighted by Gasteiger charge is 2.22. The van der Waals surface area contributed by atoms with Gasteiger partial charge in [0.05, 0.1) is 13.0 Å². The molecule has 0 aliphatic heterocycles. The first-order valence-electron chi connectivity index (χ1n) is 5.62. The van der Waals surface area contributed by atoms with Crippen molar-refractivity contribution in [3.63, 3.8) is 0 Å². The molecule has 0 aliphatic rings. The van der Waals surface area contributed by atoms with E-state index in [1.54, 1.807) is 13.8 Å². The molecule has 0 spiro atoms. The maximum atomic E-state index is 13.1. The van der Waals surface area contributed by atoms with Crippen LogP contribution in [0.25, 0.3) is 0 Å². The van der Waals surface area contributed by atoms with Crippen LogP contribution in [0.1, 0.15) is 35.7 Å². The lowest BCUT2D eigenvalue weighted by atomic mass is 9.99. The first-order valence-corrected chi connectivity index (χ1v) is 5.62. The summed E-state index contributed by atoms with van der Waals surface area (Å²) in [6.45, 7) is 3.42. The first-order chi connectivity index (χ1) is 8.51. The van der Waals surface area contributed by atoms with E-state index >= 15 is 0 Å². The molecular formula is C12H16F2N2O2. The van der Waals surface area contributed by atoms with Gasteiger partial charge in [0.25, 0.3) is 6.43 Å². The predicted molar refractivity (Wildman–Crippen MR) is 62.2 cm³/mol. The SMILES string of the molecule is CCOC(=O)Cc1c(C)ncc(CN)c1C(F)F. The normalized spacial score (nSPS) is 10.8. The molecule has 0 saturated heterocycles. The number of hydrogen-bond donors (Lipinski definition) is 1. The van der Waals surface area contributed by atoms with Gasteiger partial charge in [0, 0.05) is 24.0 Å². The van der Waals surface area contributed by atoms with Gasteiger partial charge in [-0.3, -0.25) is 9.78 Å². The minimum Gasteiger partial charge on any atom is -0.466 e. The Labute approximate surface area is 104 Å². The zero-order chi connectivity index (χ0) is 13.7. The van der Waals surface area contributed by atoms with Gasteiger partial charge in [-0.2, -0.15) is 0 Å². The lowest BCUT2D eigenvalue weighted by Gasteiger charge is -2.14. The topological polar surface area (TPSA) is 65.2 Å². The van der Waals surface area contributed by atoms with Crippen molar-refractivity contribution in [2.75, 3.05) is 6.61 Å². The fraction of sp³-hybridized carbons (Fsp3) is 0.500. The van der Waals surface area contributed by atoms with E-state index in [4.69, 9.17) is 10.5 Å². The van der Waals surface area contributed by atoms with E-state index in [0.717, 1.165) is 0 Å². The van der Waals surface area contributed by atoms with Gasteiger partial charge in [-0.1, -0.05) is 0 Å². The molecule has 0 aliphatic carbocycles. The highest BCUT2D eigenvalue weighted by molar-refractivity contribution is 5.73. The first kappa shape index (κ1) is 14.5. The Morgan fingerprint density at radius 3 is 2.72 bits per heavy atom. The number of nitrogens with zero attached hydrogens (tertiary/aromatic N) is 1. The maximum Gasteiger partial charge on any atom is 0.310 e. The van der Waals surface area contributed by atoms with Gasteiger partial charge in [0.2, 0.25) is 0 Å². The number of aromatic nitrogens is 1. The fourth-order valence-electron chi connectivity index (χ4n) is 1.72. The Bertz CT molecular complexity index is 436. The van der Waals surface area contributed by atoms with Crippen LogP contribution in [0, 0.1) is 6.92 Å². The van der Waals surface area contributed by atoms with E-state index in [9.17, 15) is 13.6 Å². The van der Waals surface area contributed by atoms with Gasteiger partial charge in [0.1, 0.15) is 0 Å². The van der Waals surface area contributed by atoms with E-state index in [0.29, 0.717) is 5.69 Å². The van der Waals surface area contributed by atoms with Gasteiger partial charge in [-0.05, 0) is 25.0 Å². The molecule has 6 heteroatoms. The van der Waals surface area contributed by atoms with Crippen LogP contribution in [-0.4, -0.2) is 17.6 Å². The molecule has 0 amide bonds. The number of esters is 1.